The number of primary amides is 1. The Balaban J connectivity index is 1.52. The Hall–Kier alpha value is -3.02. The number of hydrogen-bond donors (Lipinski definition) is 3. The second-order valence-corrected chi connectivity index (χ2v) is 6.13. The molecule has 3 rings (SSSR count). The van der Waals surface area contributed by atoms with Crippen molar-refractivity contribution in [1.82, 2.24) is 5.32 Å². The lowest BCUT2D eigenvalue weighted by Crippen LogP contribution is -2.25. The number of hydrogen-bond acceptors (Lipinski definition) is 3. The van der Waals surface area contributed by atoms with Gasteiger partial charge in [0.25, 0.3) is 0 Å². The quantitative estimate of drug-likeness (QED) is 0.755. The van der Waals surface area contributed by atoms with Gasteiger partial charge in [0, 0.05) is 18.2 Å². The van der Waals surface area contributed by atoms with Gasteiger partial charge in [-0.1, -0.05) is 24.3 Å². The highest BCUT2D eigenvalue weighted by molar-refractivity contribution is 5.87. The Morgan fingerprint density at radius 1 is 1.20 bits per heavy atom. The number of benzene rings is 2. The molecule has 1 saturated carbocycles. The van der Waals surface area contributed by atoms with E-state index in [1.807, 2.05) is 36.4 Å². The first-order valence-electron chi connectivity index (χ1n) is 8.14. The summed E-state index contributed by atoms with van der Waals surface area (Å²) in [4.78, 5) is 23.2. The number of carbonyl (C=O) groups excluding carboxylic acids is 2. The molecule has 0 aliphatic heterocycles. The van der Waals surface area contributed by atoms with Crippen LogP contribution in [0.1, 0.15) is 23.5 Å². The third kappa shape index (κ3) is 4.29. The van der Waals surface area contributed by atoms with Gasteiger partial charge in [0.2, 0.25) is 5.91 Å². The number of carbonyl (C=O) groups is 2. The first-order valence-corrected chi connectivity index (χ1v) is 8.14. The summed E-state index contributed by atoms with van der Waals surface area (Å²) >= 11 is 0. The Bertz CT molecular complexity index is 774. The van der Waals surface area contributed by atoms with Crippen LogP contribution < -0.4 is 21.1 Å². The van der Waals surface area contributed by atoms with Gasteiger partial charge in [0.15, 0.2) is 0 Å². The van der Waals surface area contributed by atoms with Gasteiger partial charge in [-0.05, 0) is 47.7 Å². The summed E-state index contributed by atoms with van der Waals surface area (Å²) in [7, 11) is 1.64. The third-order valence-corrected chi connectivity index (χ3v) is 4.33. The number of anilines is 1. The van der Waals surface area contributed by atoms with Crippen LogP contribution in [-0.2, 0) is 11.3 Å². The number of methoxy groups -OCH3 is 1. The van der Waals surface area contributed by atoms with E-state index in [9.17, 15) is 9.59 Å². The fourth-order valence-electron chi connectivity index (χ4n) is 2.93. The van der Waals surface area contributed by atoms with Crippen LogP contribution in [0.3, 0.4) is 0 Å². The van der Waals surface area contributed by atoms with Crippen molar-refractivity contribution < 1.29 is 14.3 Å². The van der Waals surface area contributed by atoms with Crippen LogP contribution >= 0.6 is 0 Å². The van der Waals surface area contributed by atoms with Crippen molar-refractivity contribution in [3.8, 4) is 5.75 Å². The minimum atomic E-state index is -0.610. The molecule has 2 aromatic rings. The van der Waals surface area contributed by atoms with E-state index in [0.29, 0.717) is 12.2 Å². The molecule has 0 heterocycles. The van der Waals surface area contributed by atoms with Gasteiger partial charge in [-0.2, -0.15) is 0 Å². The highest BCUT2D eigenvalue weighted by Crippen LogP contribution is 2.47. The second-order valence-electron chi connectivity index (χ2n) is 6.13. The first-order chi connectivity index (χ1) is 12.1. The van der Waals surface area contributed by atoms with E-state index in [0.717, 1.165) is 23.3 Å². The molecule has 0 bridgehead atoms. The van der Waals surface area contributed by atoms with Crippen LogP contribution in [0.2, 0.25) is 0 Å². The minimum Gasteiger partial charge on any atom is -0.497 e. The molecule has 2 aromatic carbocycles. The van der Waals surface area contributed by atoms with Crippen molar-refractivity contribution in [1.29, 1.82) is 0 Å². The maximum absolute atomic E-state index is 12.3. The normalized spacial score (nSPS) is 18.3. The maximum atomic E-state index is 12.3. The molecule has 1 aliphatic carbocycles. The molecule has 0 aromatic heterocycles. The van der Waals surface area contributed by atoms with Gasteiger partial charge >= 0.3 is 6.03 Å². The van der Waals surface area contributed by atoms with E-state index in [1.165, 1.54) is 0 Å². The highest BCUT2D eigenvalue weighted by Gasteiger charge is 2.43. The summed E-state index contributed by atoms with van der Waals surface area (Å²) < 4.78 is 5.15. The number of nitrogens with one attached hydrogen (secondary N) is 2. The second kappa shape index (κ2) is 7.25. The summed E-state index contributed by atoms with van der Waals surface area (Å²) in [6.07, 6.45) is 0.863. The summed E-state index contributed by atoms with van der Waals surface area (Å²) in [5.74, 6) is 1.15. The van der Waals surface area contributed by atoms with Crippen molar-refractivity contribution in [2.75, 3.05) is 12.4 Å². The van der Waals surface area contributed by atoms with Crippen LogP contribution in [0.15, 0.2) is 48.5 Å². The maximum Gasteiger partial charge on any atom is 0.316 e. The highest BCUT2D eigenvalue weighted by atomic mass is 16.5. The fourth-order valence-corrected chi connectivity index (χ4v) is 2.93. The van der Waals surface area contributed by atoms with E-state index < -0.39 is 6.03 Å². The Morgan fingerprint density at radius 3 is 2.64 bits per heavy atom. The monoisotopic (exact) mass is 339 g/mol. The Labute approximate surface area is 146 Å². The number of urea groups is 1. The lowest BCUT2D eigenvalue weighted by molar-refractivity contribution is -0.122. The van der Waals surface area contributed by atoms with Gasteiger partial charge < -0.3 is 21.1 Å². The molecule has 1 fully saturated rings. The largest absolute Gasteiger partial charge is 0.497 e. The average Bonchev–Trinajstić information content (AvgIpc) is 3.40. The Morgan fingerprint density at radius 2 is 1.96 bits per heavy atom. The standard InChI is InChI=1S/C19H21N3O3/c1-25-15-7-5-13(6-8-15)16-10-17(16)18(23)21-11-12-3-2-4-14(9-12)22-19(20)24/h2-9,16-17H,10-11H2,1H3,(H,21,23)(H3,20,22,24). The molecular weight excluding hydrogens is 318 g/mol. The Kier molecular flexibility index (Phi) is 4.88. The SMILES string of the molecule is COc1ccc(C2CC2C(=O)NCc2cccc(NC(N)=O)c2)cc1. The fraction of sp³-hybridized carbons (Fsp3) is 0.263. The van der Waals surface area contributed by atoms with E-state index >= 15 is 0 Å². The molecule has 6 nitrogen and oxygen atoms in total. The number of nitrogens with two attached hydrogens (primary N) is 1. The summed E-state index contributed by atoms with van der Waals surface area (Å²) in [5.41, 5.74) is 7.78. The van der Waals surface area contributed by atoms with Gasteiger partial charge in [-0.15, -0.1) is 0 Å². The van der Waals surface area contributed by atoms with E-state index in [2.05, 4.69) is 10.6 Å². The molecule has 0 radical (unpaired) electrons. The molecule has 130 valence electrons. The van der Waals surface area contributed by atoms with E-state index in [-0.39, 0.29) is 17.7 Å². The summed E-state index contributed by atoms with van der Waals surface area (Å²) in [5, 5.41) is 5.48. The molecule has 4 N–H and O–H groups in total. The zero-order chi connectivity index (χ0) is 17.8. The van der Waals surface area contributed by atoms with Crippen molar-refractivity contribution in [2.45, 2.75) is 18.9 Å². The molecule has 3 amide bonds. The third-order valence-electron chi connectivity index (χ3n) is 4.33. The van der Waals surface area contributed by atoms with Gasteiger partial charge in [-0.25, -0.2) is 4.79 Å². The van der Waals surface area contributed by atoms with Gasteiger partial charge in [0.05, 0.1) is 7.11 Å². The average molecular weight is 339 g/mol. The molecular formula is C19H21N3O3. The summed E-state index contributed by atoms with van der Waals surface area (Å²) in [6.45, 7) is 0.416. The zero-order valence-corrected chi connectivity index (χ0v) is 14.0. The van der Waals surface area contributed by atoms with Crippen LogP contribution in [0.4, 0.5) is 10.5 Å². The molecule has 1 aliphatic rings. The topological polar surface area (TPSA) is 93.4 Å². The molecule has 6 heteroatoms. The molecule has 0 spiro atoms. The minimum absolute atomic E-state index is 0.0142. The van der Waals surface area contributed by atoms with Crippen LogP contribution in [0, 0.1) is 5.92 Å². The van der Waals surface area contributed by atoms with Crippen LogP contribution in [0.5, 0.6) is 5.75 Å². The zero-order valence-electron chi connectivity index (χ0n) is 14.0. The van der Waals surface area contributed by atoms with Crippen LogP contribution in [0.25, 0.3) is 0 Å². The van der Waals surface area contributed by atoms with Crippen molar-refractivity contribution in [2.24, 2.45) is 11.7 Å². The number of rotatable bonds is 6. The number of amides is 3. The summed E-state index contributed by atoms with van der Waals surface area (Å²) in [6, 6.07) is 14.5. The van der Waals surface area contributed by atoms with Gasteiger partial charge in [-0.3, -0.25) is 4.79 Å². The molecule has 2 atom stereocenters. The van der Waals surface area contributed by atoms with E-state index in [1.54, 1.807) is 19.2 Å². The number of ether oxygens (including phenoxy) is 1. The predicted molar refractivity (Wildman–Crippen MR) is 95.3 cm³/mol. The molecule has 0 saturated heterocycles. The lowest BCUT2D eigenvalue weighted by atomic mass is 10.1. The van der Waals surface area contributed by atoms with Crippen molar-refractivity contribution in [3.05, 3.63) is 59.7 Å². The predicted octanol–water partition coefficient (Wildman–Crippen LogP) is 2.61. The van der Waals surface area contributed by atoms with Crippen LogP contribution in [-0.4, -0.2) is 19.0 Å². The van der Waals surface area contributed by atoms with Crippen molar-refractivity contribution in [3.63, 3.8) is 0 Å². The molecule has 25 heavy (non-hydrogen) atoms. The first kappa shape index (κ1) is 16.8. The van der Waals surface area contributed by atoms with Gasteiger partial charge in [0.1, 0.15) is 5.75 Å². The molecule has 2 unspecified atom stereocenters. The van der Waals surface area contributed by atoms with Crippen molar-refractivity contribution >= 4 is 17.6 Å². The smallest absolute Gasteiger partial charge is 0.316 e. The van der Waals surface area contributed by atoms with E-state index in [4.69, 9.17) is 10.5 Å². The lowest BCUT2D eigenvalue weighted by Gasteiger charge is -2.08.